The summed E-state index contributed by atoms with van der Waals surface area (Å²) >= 11 is 0. The summed E-state index contributed by atoms with van der Waals surface area (Å²) in [5.41, 5.74) is 2.38. The van der Waals surface area contributed by atoms with Gasteiger partial charge < -0.3 is 0 Å². The van der Waals surface area contributed by atoms with E-state index < -0.39 is 0 Å². The summed E-state index contributed by atoms with van der Waals surface area (Å²) in [7, 11) is 0. The lowest BCUT2D eigenvalue weighted by Gasteiger charge is -2.25. The lowest BCUT2D eigenvalue weighted by Crippen LogP contribution is -2.30. The van der Waals surface area contributed by atoms with E-state index in [0.717, 1.165) is 18.7 Å². The zero-order valence-electron chi connectivity index (χ0n) is 10.1. The molecule has 2 rings (SSSR count). The highest BCUT2D eigenvalue weighted by Gasteiger charge is 2.26. The van der Waals surface area contributed by atoms with E-state index in [-0.39, 0.29) is 11.8 Å². The number of Topliss-reactive ketones (excluding diaryl/α,β-unsaturated/α-hetero) is 1. The first-order valence-corrected chi connectivity index (χ1v) is 5.99. The molecule has 0 bridgehead atoms. The van der Waals surface area contributed by atoms with Crippen LogP contribution in [0.3, 0.4) is 0 Å². The van der Waals surface area contributed by atoms with Crippen molar-refractivity contribution in [2.75, 3.05) is 13.1 Å². The Morgan fingerprint density at radius 2 is 1.75 bits per heavy atom. The van der Waals surface area contributed by atoms with Gasteiger partial charge in [0.15, 0.2) is 5.78 Å². The van der Waals surface area contributed by atoms with Crippen LogP contribution in [-0.2, 0) is 4.79 Å². The summed E-state index contributed by atoms with van der Waals surface area (Å²) in [4.78, 5) is 14.1. The van der Waals surface area contributed by atoms with Gasteiger partial charge in [-0.1, -0.05) is 29.8 Å². The van der Waals surface area contributed by atoms with Gasteiger partial charge in [0.05, 0.1) is 6.04 Å². The number of hydrogen-bond donors (Lipinski definition) is 0. The van der Waals surface area contributed by atoms with Crippen LogP contribution in [0.2, 0.25) is 0 Å². The van der Waals surface area contributed by atoms with E-state index in [1.807, 2.05) is 0 Å². The molecule has 1 aromatic carbocycles. The van der Waals surface area contributed by atoms with E-state index in [1.165, 1.54) is 18.4 Å². The molecule has 1 aliphatic heterocycles. The highest BCUT2D eigenvalue weighted by molar-refractivity contribution is 5.83. The summed E-state index contributed by atoms with van der Waals surface area (Å²) in [5.74, 6) is 0.255. The van der Waals surface area contributed by atoms with Crippen LogP contribution in [0.4, 0.5) is 0 Å². The molecule has 1 saturated heterocycles. The fourth-order valence-electron chi connectivity index (χ4n) is 2.45. The third-order valence-corrected chi connectivity index (χ3v) is 3.28. The second-order valence-corrected chi connectivity index (χ2v) is 4.67. The Bertz CT molecular complexity index is 363. The smallest absolute Gasteiger partial charge is 0.151 e. The average molecular weight is 217 g/mol. The molecule has 86 valence electrons. The van der Waals surface area contributed by atoms with Gasteiger partial charge >= 0.3 is 0 Å². The second-order valence-electron chi connectivity index (χ2n) is 4.67. The van der Waals surface area contributed by atoms with Crippen molar-refractivity contribution in [1.29, 1.82) is 0 Å². The zero-order chi connectivity index (χ0) is 11.5. The molecule has 1 unspecified atom stereocenters. The first kappa shape index (κ1) is 11.3. The lowest BCUT2D eigenvalue weighted by molar-refractivity contribution is -0.122. The predicted molar refractivity (Wildman–Crippen MR) is 65.4 cm³/mol. The Balaban J connectivity index is 2.24. The molecule has 1 aliphatic rings. The van der Waals surface area contributed by atoms with E-state index in [9.17, 15) is 4.79 Å². The molecule has 0 saturated carbocycles. The first-order valence-electron chi connectivity index (χ1n) is 5.99. The van der Waals surface area contributed by atoms with Crippen molar-refractivity contribution < 1.29 is 4.79 Å². The average Bonchev–Trinajstić information content (AvgIpc) is 2.74. The molecule has 0 amide bonds. The monoisotopic (exact) mass is 217 g/mol. The summed E-state index contributed by atoms with van der Waals surface area (Å²) in [6.07, 6.45) is 2.44. The Morgan fingerprint density at radius 3 is 2.25 bits per heavy atom. The molecule has 0 N–H and O–H groups in total. The lowest BCUT2D eigenvalue weighted by atomic mass is 10.0. The van der Waals surface area contributed by atoms with Crippen LogP contribution in [-0.4, -0.2) is 23.8 Å². The Kier molecular flexibility index (Phi) is 3.39. The number of carbonyl (C=O) groups excluding carboxylic acids is 1. The Labute approximate surface area is 97.3 Å². The van der Waals surface area contributed by atoms with Gasteiger partial charge in [-0.2, -0.15) is 0 Å². The second kappa shape index (κ2) is 4.79. The fourth-order valence-corrected chi connectivity index (χ4v) is 2.45. The molecule has 0 aliphatic carbocycles. The molecule has 16 heavy (non-hydrogen) atoms. The Hall–Kier alpha value is -1.15. The topological polar surface area (TPSA) is 20.3 Å². The van der Waals surface area contributed by atoms with Crippen LogP contribution >= 0.6 is 0 Å². The van der Waals surface area contributed by atoms with Crippen LogP contribution in [0.15, 0.2) is 24.3 Å². The number of benzene rings is 1. The van der Waals surface area contributed by atoms with Gasteiger partial charge in [0.25, 0.3) is 0 Å². The van der Waals surface area contributed by atoms with Crippen LogP contribution in [0.1, 0.15) is 36.9 Å². The van der Waals surface area contributed by atoms with Gasteiger partial charge in [0.2, 0.25) is 0 Å². The normalized spacial score (nSPS) is 18.6. The summed E-state index contributed by atoms with van der Waals surface area (Å²) < 4.78 is 0. The van der Waals surface area contributed by atoms with E-state index in [4.69, 9.17) is 0 Å². The van der Waals surface area contributed by atoms with Gasteiger partial charge in [0, 0.05) is 0 Å². The van der Waals surface area contributed by atoms with Gasteiger partial charge in [-0.25, -0.2) is 0 Å². The SMILES string of the molecule is CC(=O)C(c1ccc(C)cc1)N1CCCC1. The molecule has 0 spiro atoms. The van der Waals surface area contributed by atoms with Gasteiger partial charge in [-0.3, -0.25) is 9.69 Å². The highest BCUT2D eigenvalue weighted by atomic mass is 16.1. The number of nitrogens with zero attached hydrogens (tertiary/aromatic N) is 1. The third kappa shape index (κ3) is 2.33. The maximum absolute atomic E-state index is 11.8. The van der Waals surface area contributed by atoms with E-state index >= 15 is 0 Å². The summed E-state index contributed by atoms with van der Waals surface area (Å²) in [5, 5.41) is 0. The van der Waals surface area contributed by atoms with E-state index in [1.54, 1.807) is 6.92 Å². The third-order valence-electron chi connectivity index (χ3n) is 3.28. The molecule has 2 nitrogen and oxygen atoms in total. The molecule has 1 aromatic rings. The minimum Gasteiger partial charge on any atom is -0.298 e. The molecule has 2 heteroatoms. The van der Waals surface area contributed by atoms with Gasteiger partial charge in [-0.15, -0.1) is 0 Å². The predicted octanol–water partition coefficient (Wildman–Crippen LogP) is 2.72. The van der Waals surface area contributed by atoms with Crippen LogP contribution in [0, 0.1) is 6.92 Å². The van der Waals surface area contributed by atoms with Crippen molar-refractivity contribution in [3.05, 3.63) is 35.4 Å². The van der Waals surface area contributed by atoms with Crippen molar-refractivity contribution in [3.63, 3.8) is 0 Å². The van der Waals surface area contributed by atoms with Gasteiger partial charge in [-0.05, 0) is 45.3 Å². The Morgan fingerprint density at radius 1 is 1.19 bits per heavy atom. The highest BCUT2D eigenvalue weighted by Crippen LogP contribution is 2.26. The van der Waals surface area contributed by atoms with E-state index in [0.29, 0.717) is 0 Å². The van der Waals surface area contributed by atoms with Crippen molar-refractivity contribution >= 4 is 5.78 Å². The van der Waals surface area contributed by atoms with Crippen molar-refractivity contribution in [1.82, 2.24) is 4.90 Å². The van der Waals surface area contributed by atoms with Crippen molar-refractivity contribution in [3.8, 4) is 0 Å². The number of aryl methyl sites for hydroxylation is 1. The number of rotatable bonds is 3. The molecular formula is C14H19NO. The van der Waals surface area contributed by atoms with Gasteiger partial charge in [0.1, 0.15) is 0 Å². The molecule has 1 atom stereocenters. The maximum atomic E-state index is 11.8. The summed E-state index contributed by atoms with van der Waals surface area (Å²) in [6.45, 7) is 5.88. The molecule has 0 aromatic heterocycles. The quantitative estimate of drug-likeness (QED) is 0.776. The standard InChI is InChI=1S/C14H19NO/c1-11-5-7-13(8-6-11)14(12(2)16)15-9-3-4-10-15/h5-8,14H,3-4,9-10H2,1-2H3. The maximum Gasteiger partial charge on any atom is 0.151 e. The zero-order valence-corrected chi connectivity index (χ0v) is 10.1. The number of carbonyl (C=O) groups is 1. The number of hydrogen-bond acceptors (Lipinski definition) is 2. The number of likely N-dealkylation sites (tertiary alicyclic amines) is 1. The van der Waals surface area contributed by atoms with E-state index in [2.05, 4.69) is 36.1 Å². The first-order chi connectivity index (χ1) is 7.68. The van der Waals surface area contributed by atoms with Crippen LogP contribution in [0.25, 0.3) is 0 Å². The van der Waals surface area contributed by atoms with Crippen LogP contribution in [0.5, 0.6) is 0 Å². The minimum atomic E-state index is -0.0249. The van der Waals surface area contributed by atoms with Crippen molar-refractivity contribution in [2.45, 2.75) is 32.7 Å². The van der Waals surface area contributed by atoms with Crippen LogP contribution < -0.4 is 0 Å². The minimum absolute atomic E-state index is 0.0249. The van der Waals surface area contributed by atoms with Crippen molar-refractivity contribution in [2.24, 2.45) is 0 Å². The molecule has 0 radical (unpaired) electrons. The largest absolute Gasteiger partial charge is 0.298 e. The number of ketones is 1. The summed E-state index contributed by atoms with van der Waals surface area (Å²) in [6, 6.07) is 8.31. The fraction of sp³-hybridized carbons (Fsp3) is 0.500. The molecule has 1 fully saturated rings. The molecule has 1 heterocycles. The molecular weight excluding hydrogens is 198 g/mol.